The lowest BCUT2D eigenvalue weighted by Crippen LogP contribution is -2.51. The Kier molecular flexibility index (Phi) is 11.5. The molecule has 6 aliphatic rings. The number of hydrogen-bond donors (Lipinski definition) is 1. The molecule has 0 radical (unpaired) electrons. The second kappa shape index (κ2) is 15.1. The van der Waals surface area contributed by atoms with Crippen LogP contribution in [0.15, 0.2) is 0 Å². The van der Waals surface area contributed by atoms with Gasteiger partial charge in [0.25, 0.3) is 0 Å². The van der Waals surface area contributed by atoms with Crippen molar-refractivity contribution in [1.29, 1.82) is 0 Å². The zero-order valence-corrected chi connectivity index (χ0v) is 31.5. The summed E-state index contributed by atoms with van der Waals surface area (Å²) in [5, 5.41) is 3.15. The summed E-state index contributed by atoms with van der Waals surface area (Å²) in [4.78, 5) is 59.9. The van der Waals surface area contributed by atoms with Gasteiger partial charge in [0.2, 0.25) is 0 Å². The topological polar surface area (TPSA) is 115 Å². The maximum Gasteiger partial charge on any atom is 0.410 e. The number of nitrogens with one attached hydrogen (secondary N) is 1. The summed E-state index contributed by atoms with van der Waals surface area (Å²) in [5.41, 5.74) is -0.927. The van der Waals surface area contributed by atoms with Gasteiger partial charge in [0, 0.05) is 44.3 Å². The minimum atomic E-state index is -0.466. The summed E-state index contributed by atoms with van der Waals surface area (Å²) < 4.78 is 10.9. The normalized spacial score (nSPS) is 28.6. The first-order valence-electron chi connectivity index (χ1n) is 19.2. The molecule has 6 rings (SSSR count). The average Bonchev–Trinajstić information content (AvgIpc) is 3.52. The van der Waals surface area contributed by atoms with Gasteiger partial charge < -0.3 is 39.3 Å². The fraction of sp³-hybridized carbons (Fsp3) is 0.892. The smallest absolute Gasteiger partial charge is 0.410 e. The first-order chi connectivity index (χ1) is 23.0. The van der Waals surface area contributed by atoms with Crippen LogP contribution in [0.4, 0.5) is 19.2 Å². The molecule has 278 valence electrons. The molecule has 2 aliphatic carbocycles. The van der Waals surface area contributed by atoms with Gasteiger partial charge in [-0.3, -0.25) is 0 Å². The molecule has 0 aromatic rings. The van der Waals surface area contributed by atoms with E-state index >= 15 is 0 Å². The fourth-order valence-corrected chi connectivity index (χ4v) is 8.93. The van der Waals surface area contributed by atoms with E-state index in [1.807, 2.05) is 41.5 Å². The van der Waals surface area contributed by atoms with Crippen molar-refractivity contribution in [2.24, 2.45) is 0 Å². The molecule has 6 fully saturated rings. The third-order valence-electron chi connectivity index (χ3n) is 11.1. The quantitative estimate of drug-likeness (QED) is 0.359. The number of piperidine rings is 2. The van der Waals surface area contributed by atoms with Gasteiger partial charge in [-0.05, 0) is 107 Å². The monoisotopic (exact) mass is 688 g/mol. The van der Waals surface area contributed by atoms with E-state index in [1.165, 1.54) is 25.7 Å². The predicted molar refractivity (Wildman–Crippen MR) is 188 cm³/mol. The molecule has 4 heterocycles. The lowest BCUT2D eigenvalue weighted by Gasteiger charge is -2.40. The molecule has 4 atom stereocenters. The van der Waals surface area contributed by atoms with Crippen molar-refractivity contribution < 1.29 is 28.7 Å². The van der Waals surface area contributed by atoms with Crippen molar-refractivity contribution in [2.45, 2.75) is 186 Å². The van der Waals surface area contributed by atoms with E-state index in [9.17, 15) is 19.2 Å². The minimum absolute atomic E-state index is 0.0950. The Hall–Kier alpha value is -2.92. The number of carbonyl (C=O) groups is 4. The number of amides is 6. The number of carbonyl (C=O) groups excluding carboxylic acids is 4. The minimum Gasteiger partial charge on any atom is -0.444 e. The Morgan fingerprint density at radius 3 is 1.53 bits per heavy atom. The van der Waals surface area contributed by atoms with E-state index in [4.69, 9.17) is 9.47 Å². The van der Waals surface area contributed by atoms with E-state index in [-0.39, 0.29) is 42.4 Å². The van der Waals surface area contributed by atoms with Crippen LogP contribution < -0.4 is 5.32 Å². The van der Waals surface area contributed by atoms with Gasteiger partial charge in [-0.25, -0.2) is 19.2 Å². The standard InChI is InChI=1S/C20H35N3O3.C17H29N3O3/c1-14(2)22-16-8-6-7-9-17(16)23(18(22)24)15-10-12-21(13-11-15)19(25)26-20(3,4)5;1-17(2,3)23-16(22)19-10-8-12(9-11-19)20-14-7-5-4-6-13(14)18-15(20)21/h14-17H,6-13H2,1-5H3;12-14H,4-11H2,1-3H3,(H,18,21)/t16-,17-;13-,14-/m00/s1. The van der Waals surface area contributed by atoms with Crippen LogP contribution >= 0.6 is 0 Å². The van der Waals surface area contributed by atoms with Crippen LogP contribution in [0.1, 0.15) is 132 Å². The van der Waals surface area contributed by atoms with E-state index in [0.29, 0.717) is 50.3 Å². The van der Waals surface area contributed by atoms with Crippen LogP contribution in [-0.2, 0) is 9.47 Å². The molecule has 0 unspecified atom stereocenters. The van der Waals surface area contributed by atoms with E-state index in [2.05, 4.69) is 33.9 Å². The molecular weight excluding hydrogens is 624 g/mol. The number of urea groups is 2. The van der Waals surface area contributed by atoms with Crippen LogP contribution in [0.2, 0.25) is 0 Å². The summed E-state index contributed by atoms with van der Waals surface area (Å²) in [6.45, 7) is 18.3. The van der Waals surface area contributed by atoms with Crippen molar-refractivity contribution in [1.82, 2.24) is 29.8 Å². The third-order valence-corrected chi connectivity index (χ3v) is 11.1. The number of fused-ring (bicyclic) bond motifs is 2. The summed E-state index contributed by atoms with van der Waals surface area (Å²) in [7, 11) is 0. The van der Waals surface area contributed by atoms with Crippen molar-refractivity contribution in [3.05, 3.63) is 0 Å². The molecule has 0 aromatic heterocycles. The molecule has 12 heteroatoms. The van der Waals surface area contributed by atoms with Gasteiger partial charge in [-0.15, -0.1) is 0 Å². The Morgan fingerprint density at radius 1 is 0.633 bits per heavy atom. The summed E-state index contributed by atoms with van der Waals surface area (Å²) in [6, 6.07) is 2.48. The third kappa shape index (κ3) is 8.88. The number of nitrogens with zero attached hydrogens (tertiary/aromatic N) is 5. The molecule has 4 aliphatic heterocycles. The second-order valence-electron chi connectivity index (χ2n) is 17.3. The first kappa shape index (κ1) is 37.3. The number of hydrogen-bond acceptors (Lipinski definition) is 6. The van der Waals surface area contributed by atoms with Crippen molar-refractivity contribution in [3.63, 3.8) is 0 Å². The van der Waals surface area contributed by atoms with Crippen LogP contribution in [0.5, 0.6) is 0 Å². The van der Waals surface area contributed by atoms with E-state index in [1.54, 1.807) is 9.80 Å². The highest BCUT2D eigenvalue weighted by Crippen LogP contribution is 2.38. The maximum atomic E-state index is 13.2. The number of likely N-dealkylation sites (tertiary alicyclic amines) is 2. The van der Waals surface area contributed by atoms with Crippen LogP contribution in [-0.4, -0.2) is 128 Å². The molecule has 1 N–H and O–H groups in total. The Balaban J connectivity index is 0.000000192. The van der Waals surface area contributed by atoms with Crippen molar-refractivity contribution in [3.8, 4) is 0 Å². The molecule has 4 saturated heterocycles. The molecular formula is C37H64N6O6. The molecule has 0 aromatic carbocycles. The Labute approximate surface area is 294 Å². The highest BCUT2D eigenvalue weighted by atomic mass is 16.6. The zero-order valence-electron chi connectivity index (χ0n) is 31.5. The van der Waals surface area contributed by atoms with Crippen molar-refractivity contribution >= 4 is 24.2 Å². The SMILES string of the molecule is CC(C)(C)OC(=O)N1CCC(N2C(=O)N[C@H]3CCCC[C@@H]32)CC1.CC(C)N1C(=O)N(C2CCN(C(=O)OC(C)(C)C)CC2)[C@H]2CCCC[C@@H]21. The molecule has 2 saturated carbocycles. The Morgan fingerprint density at radius 2 is 1.06 bits per heavy atom. The van der Waals surface area contributed by atoms with Crippen LogP contribution in [0, 0.1) is 0 Å². The highest BCUT2D eigenvalue weighted by molar-refractivity contribution is 5.79. The van der Waals surface area contributed by atoms with Gasteiger partial charge in [0.15, 0.2) is 0 Å². The van der Waals surface area contributed by atoms with Gasteiger partial charge >= 0.3 is 24.2 Å². The van der Waals surface area contributed by atoms with Crippen molar-refractivity contribution in [2.75, 3.05) is 26.2 Å². The Bertz CT molecular complexity index is 1180. The average molecular weight is 689 g/mol. The number of rotatable bonds is 3. The lowest BCUT2D eigenvalue weighted by molar-refractivity contribution is 0.0139. The number of ether oxygens (including phenoxy) is 2. The molecule has 49 heavy (non-hydrogen) atoms. The second-order valence-corrected chi connectivity index (χ2v) is 17.3. The van der Waals surface area contributed by atoms with E-state index < -0.39 is 11.2 Å². The summed E-state index contributed by atoms with van der Waals surface area (Å²) in [5.74, 6) is 0. The largest absolute Gasteiger partial charge is 0.444 e. The maximum absolute atomic E-state index is 13.2. The molecule has 0 spiro atoms. The highest BCUT2D eigenvalue weighted by Gasteiger charge is 2.50. The van der Waals surface area contributed by atoms with E-state index in [0.717, 1.165) is 51.4 Å². The van der Waals surface area contributed by atoms with Crippen LogP contribution in [0.25, 0.3) is 0 Å². The van der Waals surface area contributed by atoms with Gasteiger partial charge in [0.1, 0.15) is 11.2 Å². The zero-order chi connectivity index (χ0) is 35.7. The van der Waals surface area contributed by atoms with Crippen LogP contribution in [0.3, 0.4) is 0 Å². The lowest BCUT2D eigenvalue weighted by atomic mass is 9.88. The molecule has 6 amide bonds. The fourth-order valence-electron chi connectivity index (χ4n) is 8.93. The summed E-state index contributed by atoms with van der Waals surface area (Å²) in [6.07, 6.45) is 12.2. The first-order valence-corrected chi connectivity index (χ1v) is 19.2. The predicted octanol–water partition coefficient (Wildman–Crippen LogP) is 6.57. The van der Waals surface area contributed by atoms with Gasteiger partial charge in [-0.2, -0.15) is 0 Å². The summed E-state index contributed by atoms with van der Waals surface area (Å²) >= 11 is 0. The van der Waals surface area contributed by atoms with Gasteiger partial charge in [0.05, 0.1) is 24.2 Å². The molecule has 12 nitrogen and oxygen atoms in total. The van der Waals surface area contributed by atoms with Gasteiger partial charge in [-0.1, -0.05) is 25.7 Å². The molecule has 0 bridgehead atoms.